The molecule has 31 heavy (non-hydrogen) atoms. The highest BCUT2D eigenvalue weighted by Crippen LogP contribution is 2.34. The highest BCUT2D eigenvalue weighted by atomic mass is 35.5. The zero-order chi connectivity index (χ0) is 22.3. The molecule has 1 atom stereocenters. The molecule has 0 saturated carbocycles. The molecule has 0 N–H and O–H groups in total. The Bertz CT molecular complexity index is 1140. The summed E-state index contributed by atoms with van der Waals surface area (Å²) in [6.45, 7) is 1.90. The van der Waals surface area contributed by atoms with Crippen LogP contribution < -0.4 is 0 Å². The molecule has 0 spiro atoms. The number of imide groups is 1. The number of fused-ring (bicyclic) bond motifs is 1. The molecule has 0 bridgehead atoms. The highest BCUT2D eigenvalue weighted by Gasteiger charge is 2.54. The lowest BCUT2D eigenvalue weighted by atomic mass is 9.90. The zero-order valence-electron chi connectivity index (χ0n) is 17.4. The van der Waals surface area contributed by atoms with Crippen molar-refractivity contribution in [3.05, 3.63) is 70.2 Å². The molecule has 2 aliphatic heterocycles. The Morgan fingerprint density at radius 1 is 1.00 bits per heavy atom. The lowest BCUT2D eigenvalue weighted by Gasteiger charge is -2.42. The molecule has 0 aliphatic carbocycles. The maximum atomic E-state index is 12.8. The molecule has 0 radical (unpaired) electrons. The molecule has 3 amide bonds. The van der Waals surface area contributed by atoms with Crippen molar-refractivity contribution >= 4 is 40.9 Å². The van der Waals surface area contributed by atoms with Crippen LogP contribution in [0.2, 0.25) is 5.02 Å². The Morgan fingerprint density at radius 3 is 2.16 bits per heavy atom. The van der Waals surface area contributed by atoms with E-state index in [9.17, 15) is 14.4 Å². The van der Waals surface area contributed by atoms with Gasteiger partial charge in [0.2, 0.25) is 0 Å². The number of hydrogen-bond acceptors (Lipinski definition) is 5. The molecule has 2 heterocycles. The lowest BCUT2D eigenvalue weighted by molar-refractivity contribution is -0.122. The summed E-state index contributed by atoms with van der Waals surface area (Å²) >= 11 is 5.90. The van der Waals surface area contributed by atoms with Crippen LogP contribution in [0, 0.1) is 0 Å². The van der Waals surface area contributed by atoms with Crippen LogP contribution in [-0.2, 0) is 11.2 Å². The predicted molar refractivity (Wildman–Crippen MR) is 119 cm³/mol. The molecule has 7 nitrogen and oxygen atoms in total. The van der Waals surface area contributed by atoms with Gasteiger partial charge >= 0.3 is 6.03 Å². The number of aliphatic imine (C=N–C) groups is 2. The maximum Gasteiger partial charge on any atom is 0.328 e. The van der Waals surface area contributed by atoms with Crippen LogP contribution in [0.3, 0.4) is 0 Å². The Morgan fingerprint density at radius 2 is 1.58 bits per heavy atom. The average molecular weight is 437 g/mol. The molecule has 158 valence electrons. The van der Waals surface area contributed by atoms with E-state index in [1.807, 2.05) is 19.1 Å². The number of hydrogen-bond donors (Lipinski definition) is 0. The minimum atomic E-state index is -1.17. The summed E-state index contributed by atoms with van der Waals surface area (Å²) in [6.07, 6.45) is 0.839. The average Bonchev–Trinajstić information content (AvgIpc) is 3.17. The first-order valence-corrected chi connectivity index (χ1v) is 10.3. The fourth-order valence-electron chi connectivity index (χ4n) is 3.82. The summed E-state index contributed by atoms with van der Waals surface area (Å²) in [5.74, 6) is -0.0183. The quantitative estimate of drug-likeness (QED) is 0.671. The van der Waals surface area contributed by atoms with Crippen molar-refractivity contribution in [1.82, 2.24) is 9.80 Å². The highest BCUT2D eigenvalue weighted by molar-refractivity contribution is 6.48. The number of carbonyl (C=O) groups excluding carboxylic acids is 3. The largest absolute Gasteiger partial charge is 0.328 e. The van der Waals surface area contributed by atoms with E-state index in [1.54, 1.807) is 43.4 Å². The third-order valence-corrected chi connectivity index (χ3v) is 5.91. The molecule has 0 aromatic heterocycles. The number of amidine groups is 1. The standard InChI is InChI=1S/C23H21ClN4O3/c1-4-18-25-20-21(30)27(2)22(31)28(3)23(20,26-18)13-14-5-7-15(8-6-14)19(29)16-9-11-17(24)12-10-16/h5-12H,4,13H2,1-3H3. The summed E-state index contributed by atoms with van der Waals surface area (Å²) < 4.78 is 0. The fourth-order valence-corrected chi connectivity index (χ4v) is 3.94. The molecule has 1 saturated heterocycles. The van der Waals surface area contributed by atoms with Crippen LogP contribution in [0.25, 0.3) is 0 Å². The van der Waals surface area contributed by atoms with Gasteiger partial charge in [0.05, 0.1) is 0 Å². The van der Waals surface area contributed by atoms with Crippen LogP contribution in [0.15, 0.2) is 58.5 Å². The molecule has 2 aliphatic rings. The van der Waals surface area contributed by atoms with E-state index in [2.05, 4.69) is 9.98 Å². The van der Waals surface area contributed by atoms with Crippen LogP contribution in [0.1, 0.15) is 34.8 Å². The monoisotopic (exact) mass is 436 g/mol. The summed E-state index contributed by atoms with van der Waals surface area (Å²) in [5.41, 5.74) is 0.983. The third-order valence-electron chi connectivity index (χ3n) is 5.66. The number of carbonyl (C=O) groups is 3. The number of ketones is 1. The summed E-state index contributed by atoms with van der Waals surface area (Å²) in [5, 5.41) is 0.568. The Balaban J connectivity index is 1.64. The lowest BCUT2D eigenvalue weighted by Crippen LogP contribution is -2.66. The first-order valence-electron chi connectivity index (χ1n) is 9.90. The van der Waals surface area contributed by atoms with Crippen molar-refractivity contribution in [2.75, 3.05) is 14.1 Å². The van der Waals surface area contributed by atoms with Crippen molar-refractivity contribution in [2.45, 2.75) is 25.4 Å². The SMILES string of the molecule is CCC1=NC2(Cc3ccc(C(=O)c4ccc(Cl)cc4)cc3)C(=N1)C(=O)N(C)C(=O)N2C. The van der Waals surface area contributed by atoms with Crippen LogP contribution >= 0.6 is 11.6 Å². The second-order valence-electron chi connectivity index (χ2n) is 7.57. The van der Waals surface area contributed by atoms with Crippen LogP contribution in [0.4, 0.5) is 4.79 Å². The van der Waals surface area contributed by atoms with Crippen molar-refractivity contribution in [1.29, 1.82) is 0 Å². The van der Waals surface area contributed by atoms with Crippen LogP contribution in [0.5, 0.6) is 0 Å². The zero-order valence-corrected chi connectivity index (χ0v) is 18.2. The van der Waals surface area contributed by atoms with Gasteiger partial charge in [0.1, 0.15) is 5.84 Å². The number of amides is 3. The minimum absolute atomic E-state index is 0.113. The van der Waals surface area contributed by atoms with Gasteiger partial charge in [-0.15, -0.1) is 0 Å². The van der Waals surface area contributed by atoms with Crippen molar-refractivity contribution in [2.24, 2.45) is 9.98 Å². The fraction of sp³-hybridized carbons (Fsp3) is 0.261. The van der Waals surface area contributed by atoms with Crippen LogP contribution in [-0.4, -0.2) is 58.8 Å². The molecule has 4 rings (SSSR count). The molecule has 1 fully saturated rings. The van der Waals surface area contributed by atoms with Gasteiger partial charge in [-0.3, -0.25) is 19.4 Å². The summed E-state index contributed by atoms with van der Waals surface area (Å²) in [6, 6.07) is 13.4. The number of rotatable bonds is 5. The molecular weight excluding hydrogens is 416 g/mol. The number of benzene rings is 2. The van der Waals surface area contributed by atoms with E-state index in [0.717, 1.165) is 10.5 Å². The van der Waals surface area contributed by atoms with Gasteiger partial charge in [0, 0.05) is 43.1 Å². The first kappa shape index (κ1) is 20.9. The van der Waals surface area contributed by atoms with Gasteiger partial charge in [-0.1, -0.05) is 42.8 Å². The number of urea groups is 1. The maximum absolute atomic E-state index is 12.8. The van der Waals surface area contributed by atoms with Gasteiger partial charge in [-0.05, 0) is 29.8 Å². The van der Waals surface area contributed by atoms with E-state index < -0.39 is 17.6 Å². The van der Waals surface area contributed by atoms with Gasteiger partial charge < -0.3 is 0 Å². The molecule has 8 heteroatoms. The van der Waals surface area contributed by atoms with E-state index in [1.165, 1.54) is 11.9 Å². The number of halogens is 1. The Labute approximate surface area is 185 Å². The number of likely N-dealkylation sites (N-methyl/N-ethyl adjacent to an activating group) is 1. The Hall–Kier alpha value is -3.32. The Kier molecular flexibility index (Phi) is 5.23. The smallest absolute Gasteiger partial charge is 0.297 e. The van der Waals surface area contributed by atoms with E-state index in [4.69, 9.17) is 11.6 Å². The van der Waals surface area contributed by atoms with Crippen molar-refractivity contribution < 1.29 is 14.4 Å². The second kappa shape index (κ2) is 7.74. The molecule has 2 aromatic rings. The second-order valence-corrected chi connectivity index (χ2v) is 8.01. The van der Waals surface area contributed by atoms with Crippen molar-refractivity contribution in [3.63, 3.8) is 0 Å². The number of nitrogens with zero attached hydrogens (tertiary/aromatic N) is 4. The third kappa shape index (κ3) is 3.45. The minimum Gasteiger partial charge on any atom is -0.297 e. The molecular formula is C23H21ClN4O3. The van der Waals surface area contributed by atoms with Gasteiger partial charge in [0.15, 0.2) is 17.2 Å². The van der Waals surface area contributed by atoms with E-state index in [0.29, 0.717) is 28.4 Å². The van der Waals surface area contributed by atoms with Gasteiger partial charge in [-0.2, -0.15) is 0 Å². The topological polar surface area (TPSA) is 82.4 Å². The molecule has 1 unspecified atom stereocenters. The predicted octanol–water partition coefficient (Wildman–Crippen LogP) is 3.60. The summed E-state index contributed by atoms with van der Waals surface area (Å²) in [4.78, 5) is 49.7. The summed E-state index contributed by atoms with van der Waals surface area (Å²) in [7, 11) is 3.07. The van der Waals surface area contributed by atoms with Gasteiger partial charge in [0.25, 0.3) is 5.91 Å². The van der Waals surface area contributed by atoms with E-state index >= 15 is 0 Å². The normalized spacial score (nSPS) is 20.5. The van der Waals surface area contributed by atoms with Crippen molar-refractivity contribution in [3.8, 4) is 0 Å². The first-order chi connectivity index (χ1) is 14.8. The van der Waals surface area contributed by atoms with E-state index in [-0.39, 0.29) is 17.9 Å². The molecule has 2 aromatic carbocycles. The van der Waals surface area contributed by atoms with Gasteiger partial charge in [-0.25, -0.2) is 14.8 Å².